The monoisotopic (exact) mass is 308 g/mol. The molecule has 0 aliphatic carbocycles. The third kappa shape index (κ3) is 6.13. The lowest BCUT2D eigenvalue weighted by Crippen LogP contribution is -2.32. The highest BCUT2D eigenvalue weighted by molar-refractivity contribution is 5.80. The molecule has 0 fully saturated rings. The van der Waals surface area contributed by atoms with Crippen molar-refractivity contribution in [3.05, 3.63) is 29.3 Å². The molecule has 0 saturated heterocycles. The molecule has 0 heterocycles. The molecule has 1 aromatic carbocycles. The van der Waals surface area contributed by atoms with E-state index >= 15 is 0 Å². The van der Waals surface area contributed by atoms with Crippen LogP contribution < -0.4 is 4.74 Å². The molecule has 22 heavy (non-hydrogen) atoms. The maximum absolute atomic E-state index is 11.8. The van der Waals surface area contributed by atoms with Gasteiger partial charge in [-0.25, -0.2) is 0 Å². The van der Waals surface area contributed by atoms with Crippen LogP contribution in [0.1, 0.15) is 31.9 Å². The van der Waals surface area contributed by atoms with Crippen molar-refractivity contribution < 1.29 is 19.5 Å². The lowest BCUT2D eigenvalue weighted by molar-refractivity contribution is -0.155. The van der Waals surface area contributed by atoms with Gasteiger partial charge in [-0.1, -0.05) is 17.3 Å². The van der Waals surface area contributed by atoms with E-state index in [2.05, 4.69) is 5.16 Å². The Morgan fingerprint density at radius 2 is 2.09 bits per heavy atom. The number of nitrogens with zero attached hydrogens (tertiary/aromatic N) is 2. The van der Waals surface area contributed by atoms with Gasteiger partial charge in [0.1, 0.15) is 11.4 Å². The van der Waals surface area contributed by atoms with Gasteiger partial charge in [0.2, 0.25) is 0 Å². The zero-order chi connectivity index (χ0) is 16.8. The van der Waals surface area contributed by atoms with E-state index in [9.17, 15) is 4.79 Å². The van der Waals surface area contributed by atoms with Crippen molar-refractivity contribution >= 4 is 12.2 Å². The second kappa shape index (κ2) is 7.79. The minimum Gasteiger partial charge on any atom is -0.496 e. The Hall–Kier alpha value is -2.08. The smallest absolute Gasteiger partial charge is 0.320 e. The summed E-state index contributed by atoms with van der Waals surface area (Å²) in [6, 6.07) is 5.47. The van der Waals surface area contributed by atoms with Gasteiger partial charge in [-0.05, 0) is 39.4 Å². The zero-order valence-electron chi connectivity index (χ0n) is 13.8. The van der Waals surface area contributed by atoms with E-state index in [0.717, 1.165) is 11.1 Å². The van der Waals surface area contributed by atoms with Gasteiger partial charge in [-0.3, -0.25) is 9.69 Å². The van der Waals surface area contributed by atoms with Crippen LogP contribution in [0, 0.1) is 0 Å². The lowest BCUT2D eigenvalue weighted by Gasteiger charge is -2.23. The highest BCUT2D eigenvalue weighted by Gasteiger charge is 2.18. The molecular formula is C16H24N2O4. The molecule has 0 bridgehead atoms. The van der Waals surface area contributed by atoms with E-state index in [4.69, 9.17) is 14.7 Å². The summed E-state index contributed by atoms with van der Waals surface area (Å²) in [5.74, 6) is 0.409. The molecule has 6 heteroatoms. The Kier molecular flexibility index (Phi) is 6.37. The van der Waals surface area contributed by atoms with Crippen molar-refractivity contribution in [3.8, 4) is 5.75 Å². The van der Waals surface area contributed by atoms with Crippen LogP contribution in [0.5, 0.6) is 5.75 Å². The molecule has 0 atom stereocenters. The van der Waals surface area contributed by atoms with Crippen molar-refractivity contribution in [1.29, 1.82) is 0 Å². The molecule has 122 valence electrons. The van der Waals surface area contributed by atoms with Gasteiger partial charge in [0, 0.05) is 12.1 Å². The molecule has 1 aromatic rings. The SMILES string of the molecule is COc1cc(/C=N/O)ccc1CN(C)CC(=O)OC(C)(C)C. The predicted octanol–water partition coefficient (Wildman–Crippen LogP) is 2.28. The Labute approximate surface area is 131 Å². The summed E-state index contributed by atoms with van der Waals surface area (Å²) in [7, 11) is 3.42. The quantitative estimate of drug-likeness (QED) is 0.378. The van der Waals surface area contributed by atoms with Crippen LogP contribution in [0.4, 0.5) is 0 Å². The van der Waals surface area contributed by atoms with Crippen molar-refractivity contribution in [3.63, 3.8) is 0 Å². The second-order valence-electron chi connectivity index (χ2n) is 6.07. The molecule has 0 spiro atoms. The summed E-state index contributed by atoms with van der Waals surface area (Å²) in [6.07, 6.45) is 1.33. The number of hydrogen-bond acceptors (Lipinski definition) is 6. The van der Waals surface area contributed by atoms with Gasteiger partial charge in [-0.2, -0.15) is 0 Å². The molecule has 0 aromatic heterocycles. The first kappa shape index (κ1) is 18.0. The van der Waals surface area contributed by atoms with Crippen LogP contribution in [0.3, 0.4) is 0 Å². The number of esters is 1. The molecule has 1 N–H and O–H groups in total. The average Bonchev–Trinajstić information content (AvgIpc) is 2.38. The highest BCUT2D eigenvalue weighted by Crippen LogP contribution is 2.21. The van der Waals surface area contributed by atoms with Crippen molar-refractivity contribution in [1.82, 2.24) is 4.90 Å². The highest BCUT2D eigenvalue weighted by atomic mass is 16.6. The summed E-state index contributed by atoms with van der Waals surface area (Å²) < 4.78 is 10.6. The Balaban J connectivity index is 2.71. The van der Waals surface area contributed by atoms with Crippen LogP contribution in [0.2, 0.25) is 0 Å². The molecule has 6 nitrogen and oxygen atoms in total. The molecule has 1 rings (SSSR count). The fourth-order valence-corrected chi connectivity index (χ4v) is 1.98. The molecule has 0 unspecified atom stereocenters. The van der Waals surface area contributed by atoms with E-state index in [1.54, 1.807) is 13.2 Å². The van der Waals surface area contributed by atoms with Crippen molar-refractivity contribution in [2.45, 2.75) is 32.9 Å². The second-order valence-corrected chi connectivity index (χ2v) is 6.07. The van der Waals surface area contributed by atoms with Gasteiger partial charge < -0.3 is 14.7 Å². The standard InChI is InChI=1S/C16H24N2O4/c1-16(2,3)22-15(19)11-18(4)10-13-7-6-12(9-17-20)8-14(13)21-5/h6-9,20H,10-11H2,1-5H3/b17-9+. The number of rotatable bonds is 6. The summed E-state index contributed by atoms with van der Waals surface area (Å²) in [6.45, 7) is 6.26. The number of methoxy groups -OCH3 is 1. The Morgan fingerprint density at radius 3 is 2.64 bits per heavy atom. The van der Waals surface area contributed by atoms with E-state index in [1.807, 2.05) is 44.9 Å². The van der Waals surface area contributed by atoms with E-state index in [0.29, 0.717) is 12.3 Å². The number of carbonyl (C=O) groups excluding carboxylic acids is 1. The fraction of sp³-hybridized carbons (Fsp3) is 0.500. The van der Waals surface area contributed by atoms with Crippen LogP contribution in [0.15, 0.2) is 23.4 Å². The van der Waals surface area contributed by atoms with Crippen LogP contribution in [-0.2, 0) is 16.1 Å². The topological polar surface area (TPSA) is 71.4 Å². The Morgan fingerprint density at radius 1 is 1.41 bits per heavy atom. The first-order valence-electron chi connectivity index (χ1n) is 7.00. The molecule has 0 aliphatic rings. The third-order valence-corrected chi connectivity index (χ3v) is 2.78. The van der Waals surface area contributed by atoms with Crippen LogP contribution >= 0.6 is 0 Å². The number of hydrogen-bond donors (Lipinski definition) is 1. The van der Waals surface area contributed by atoms with Gasteiger partial charge in [0.25, 0.3) is 0 Å². The van der Waals surface area contributed by atoms with Crippen molar-refractivity contribution in [2.24, 2.45) is 5.16 Å². The summed E-state index contributed by atoms with van der Waals surface area (Å²) in [5.41, 5.74) is 1.18. The predicted molar refractivity (Wildman–Crippen MR) is 84.6 cm³/mol. The summed E-state index contributed by atoms with van der Waals surface area (Å²) >= 11 is 0. The minimum atomic E-state index is -0.485. The van der Waals surface area contributed by atoms with E-state index < -0.39 is 5.60 Å². The molecule has 0 amide bonds. The van der Waals surface area contributed by atoms with Crippen LogP contribution in [-0.4, -0.2) is 48.6 Å². The number of carbonyl (C=O) groups is 1. The maximum atomic E-state index is 11.8. The Bertz CT molecular complexity index is 535. The normalized spacial score (nSPS) is 11.9. The average molecular weight is 308 g/mol. The maximum Gasteiger partial charge on any atom is 0.320 e. The first-order chi connectivity index (χ1) is 10.2. The van der Waals surface area contributed by atoms with Gasteiger partial charge in [-0.15, -0.1) is 0 Å². The lowest BCUT2D eigenvalue weighted by atomic mass is 10.1. The van der Waals surface area contributed by atoms with Crippen molar-refractivity contribution in [2.75, 3.05) is 20.7 Å². The third-order valence-electron chi connectivity index (χ3n) is 2.78. The molecule has 0 radical (unpaired) electrons. The van der Waals surface area contributed by atoms with Crippen LogP contribution in [0.25, 0.3) is 0 Å². The number of ether oxygens (including phenoxy) is 2. The first-order valence-corrected chi connectivity index (χ1v) is 7.00. The van der Waals surface area contributed by atoms with E-state index in [-0.39, 0.29) is 12.5 Å². The summed E-state index contributed by atoms with van der Waals surface area (Å²) in [5, 5.41) is 11.6. The van der Waals surface area contributed by atoms with Gasteiger partial charge >= 0.3 is 5.97 Å². The largest absolute Gasteiger partial charge is 0.496 e. The van der Waals surface area contributed by atoms with Gasteiger partial charge in [0.05, 0.1) is 19.9 Å². The number of likely N-dealkylation sites (N-methyl/N-ethyl adjacent to an activating group) is 1. The number of benzene rings is 1. The van der Waals surface area contributed by atoms with Gasteiger partial charge in [0.15, 0.2) is 0 Å². The number of oxime groups is 1. The molecule has 0 aliphatic heterocycles. The zero-order valence-corrected chi connectivity index (χ0v) is 13.8. The summed E-state index contributed by atoms with van der Waals surface area (Å²) in [4.78, 5) is 13.7. The molecular weight excluding hydrogens is 284 g/mol. The van der Waals surface area contributed by atoms with E-state index in [1.165, 1.54) is 6.21 Å². The molecule has 0 saturated carbocycles. The fourth-order valence-electron chi connectivity index (χ4n) is 1.98. The minimum absolute atomic E-state index is 0.195.